The molecule has 11 nitrogen and oxygen atoms in total. The third kappa shape index (κ3) is 6.73. The summed E-state index contributed by atoms with van der Waals surface area (Å²) in [6.45, 7) is -1.03. The molecule has 188 valence electrons. The fourth-order valence-corrected chi connectivity index (χ4v) is 4.06. The molecule has 0 aliphatic carbocycles. The van der Waals surface area contributed by atoms with Gasteiger partial charge in [-0.3, -0.25) is 4.79 Å². The highest BCUT2D eigenvalue weighted by Gasteiger charge is 2.32. The number of carboxylic acids is 2. The summed E-state index contributed by atoms with van der Waals surface area (Å²) in [7, 11) is 2.83. The van der Waals surface area contributed by atoms with Gasteiger partial charge in [0.15, 0.2) is 40.5 Å². The van der Waals surface area contributed by atoms with Crippen molar-refractivity contribution in [2.75, 3.05) is 27.4 Å². The third-order valence-corrected chi connectivity index (χ3v) is 5.75. The van der Waals surface area contributed by atoms with Crippen LogP contribution in [0.25, 0.3) is 6.08 Å². The molecule has 1 fully saturated rings. The first-order chi connectivity index (χ1) is 17.2. The molecule has 1 amide bonds. The minimum atomic E-state index is -1.12. The van der Waals surface area contributed by atoms with Gasteiger partial charge in [-0.1, -0.05) is 17.8 Å². The van der Waals surface area contributed by atoms with Gasteiger partial charge in [0.1, 0.15) is 0 Å². The molecule has 0 saturated carbocycles. The lowest BCUT2D eigenvalue weighted by Gasteiger charge is -2.10. The van der Waals surface area contributed by atoms with Crippen molar-refractivity contribution in [3.63, 3.8) is 0 Å². The number of carbonyl (C=O) groups is 3. The number of benzene rings is 2. The van der Waals surface area contributed by atoms with E-state index in [9.17, 15) is 14.4 Å². The number of carboxylic acid groups (broad SMARTS) is 2. The van der Waals surface area contributed by atoms with Crippen LogP contribution in [0.4, 0.5) is 0 Å². The number of hydrogen-bond donors (Lipinski definition) is 2. The lowest BCUT2D eigenvalue weighted by atomic mass is 10.2. The predicted octanol–water partition coefficient (Wildman–Crippen LogP) is 2.87. The molecule has 36 heavy (non-hydrogen) atoms. The van der Waals surface area contributed by atoms with Crippen LogP contribution in [-0.4, -0.2) is 71.0 Å². The zero-order chi connectivity index (χ0) is 26.2. The van der Waals surface area contributed by atoms with Crippen molar-refractivity contribution in [1.82, 2.24) is 5.01 Å². The Morgan fingerprint density at radius 2 is 1.47 bits per heavy atom. The predicted molar refractivity (Wildman–Crippen MR) is 135 cm³/mol. The van der Waals surface area contributed by atoms with Crippen molar-refractivity contribution in [3.05, 3.63) is 52.4 Å². The molecular formula is C23H20N2O9S2. The van der Waals surface area contributed by atoms with Crippen molar-refractivity contribution in [2.24, 2.45) is 5.10 Å². The maximum absolute atomic E-state index is 12.9. The number of hydrogen-bond acceptors (Lipinski definition) is 10. The second kappa shape index (κ2) is 12.0. The highest BCUT2D eigenvalue weighted by Crippen LogP contribution is 2.35. The Bertz CT molecular complexity index is 1260. The van der Waals surface area contributed by atoms with E-state index in [0.29, 0.717) is 27.5 Å². The van der Waals surface area contributed by atoms with Gasteiger partial charge in [0, 0.05) is 0 Å². The Balaban J connectivity index is 1.75. The number of rotatable bonds is 11. The van der Waals surface area contributed by atoms with Crippen molar-refractivity contribution in [1.29, 1.82) is 0 Å². The molecule has 0 atom stereocenters. The van der Waals surface area contributed by atoms with Crippen LogP contribution < -0.4 is 18.9 Å². The van der Waals surface area contributed by atoms with Crippen LogP contribution in [0.5, 0.6) is 23.0 Å². The molecule has 1 aliphatic rings. The largest absolute Gasteiger partial charge is 0.493 e. The maximum atomic E-state index is 12.9. The number of nitrogens with zero attached hydrogens (tertiary/aromatic N) is 2. The van der Waals surface area contributed by atoms with Gasteiger partial charge in [-0.25, -0.2) is 9.59 Å². The summed E-state index contributed by atoms with van der Waals surface area (Å²) in [5.74, 6) is -1.56. The number of carbonyl (C=O) groups excluding carboxylic acids is 1. The topological polar surface area (TPSA) is 144 Å². The normalized spacial score (nSPS) is 14.4. The zero-order valence-corrected chi connectivity index (χ0v) is 20.6. The Kier molecular flexibility index (Phi) is 8.86. The molecule has 0 aromatic heterocycles. The van der Waals surface area contributed by atoms with Crippen LogP contribution in [-0.2, 0) is 14.4 Å². The van der Waals surface area contributed by atoms with E-state index in [1.54, 1.807) is 36.4 Å². The molecule has 1 saturated heterocycles. The molecule has 0 unspecified atom stereocenters. The van der Waals surface area contributed by atoms with Crippen LogP contribution in [0.1, 0.15) is 11.1 Å². The molecule has 13 heteroatoms. The van der Waals surface area contributed by atoms with E-state index in [4.69, 9.17) is 41.4 Å². The van der Waals surface area contributed by atoms with Crippen LogP contribution in [0.2, 0.25) is 0 Å². The number of methoxy groups -OCH3 is 2. The third-order valence-electron chi connectivity index (χ3n) is 4.47. The van der Waals surface area contributed by atoms with E-state index >= 15 is 0 Å². The molecule has 1 heterocycles. The molecular weight excluding hydrogens is 512 g/mol. The summed E-state index contributed by atoms with van der Waals surface area (Å²) in [6.07, 6.45) is 3.02. The van der Waals surface area contributed by atoms with Crippen LogP contribution in [0.3, 0.4) is 0 Å². The van der Waals surface area contributed by atoms with Crippen LogP contribution in [0, 0.1) is 0 Å². The summed E-state index contributed by atoms with van der Waals surface area (Å²) in [5.41, 5.74) is 1.18. The number of hydrazone groups is 1. The Labute approximate surface area is 214 Å². The number of aliphatic carboxylic acids is 2. The summed E-state index contributed by atoms with van der Waals surface area (Å²) in [4.78, 5) is 34.7. The van der Waals surface area contributed by atoms with Gasteiger partial charge < -0.3 is 29.2 Å². The standard InChI is InChI=1S/C23H20N2O9S2/c1-31-17-7-13(3-5-15(17)33-11-20(26)27)9-19-22(30)25(23(35)36-19)24-10-14-4-6-16(18(8-14)32-2)34-12-21(28)29/h3-10H,11-12H2,1-2H3,(H,26,27)(H,28,29). The molecule has 0 radical (unpaired) electrons. The lowest BCUT2D eigenvalue weighted by molar-refractivity contribution is -0.140. The van der Waals surface area contributed by atoms with Crippen molar-refractivity contribution in [2.45, 2.75) is 0 Å². The van der Waals surface area contributed by atoms with Crippen molar-refractivity contribution >= 4 is 58.4 Å². The number of thioether (sulfide) groups is 1. The zero-order valence-electron chi connectivity index (χ0n) is 19.0. The van der Waals surface area contributed by atoms with Gasteiger partial charge in [0.05, 0.1) is 25.3 Å². The number of ether oxygens (including phenoxy) is 4. The second-order valence-corrected chi connectivity index (χ2v) is 8.60. The van der Waals surface area contributed by atoms with Gasteiger partial charge >= 0.3 is 11.9 Å². The van der Waals surface area contributed by atoms with E-state index in [2.05, 4.69) is 5.10 Å². The second-order valence-electron chi connectivity index (χ2n) is 6.92. The van der Waals surface area contributed by atoms with E-state index in [0.717, 1.165) is 16.8 Å². The molecule has 2 aromatic carbocycles. The van der Waals surface area contributed by atoms with Crippen molar-refractivity contribution in [3.8, 4) is 23.0 Å². The average molecular weight is 533 g/mol. The van der Waals surface area contributed by atoms with Gasteiger partial charge in [-0.2, -0.15) is 10.1 Å². The first-order valence-corrected chi connectivity index (χ1v) is 11.3. The molecule has 2 aromatic rings. The summed E-state index contributed by atoms with van der Waals surface area (Å²) < 4.78 is 21.0. The summed E-state index contributed by atoms with van der Waals surface area (Å²) in [6, 6.07) is 9.53. The van der Waals surface area contributed by atoms with Crippen LogP contribution >= 0.6 is 24.0 Å². The Morgan fingerprint density at radius 1 is 0.944 bits per heavy atom. The highest BCUT2D eigenvalue weighted by atomic mass is 32.2. The van der Waals surface area contributed by atoms with E-state index in [1.165, 1.54) is 26.5 Å². The van der Waals surface area contributed by atoms with Gasteiger partial charge in [-0.15, -0.1) is 0 Å². The molecule has 0 spiro atoms. The lowest BCUT2D eigenvalue weighted by Crippen LogP contribution is -2.22. The molecule has 2 N–H and O–H groups in total. The molecule has 3 rings (SSSR count). The first-order valence-electron chi connectivity index (χ1n) is 10.1. The Hall–Kier alpha value is -4.10. The SMILES string of the molecule is COc1cc(C=NN2C(=O)C(=Cc3ccc(OCC(=O)O)c(OC)c3)SC2=S)ccc1OCC(=O)O. The maximum Gasteiger partial charge on any atom is 0.341 e. The van der Waals surface area contributed by atoms with Gasteiger partial charge in [0.2, 0.25) is 0 Å². The highest BCUT2D eigenvalue weighted by molar-refractivity contribution is 8.26. The fourth-order valence-electron chi connectivity index (χ4n) is 2.89. The van der Waals surface area contributed by atoms with Crippen LogP contribution in [0.15, 0.2) is 46.4 Å². The Morgan fingerprint density at radius 3 is 2.00 bits per heavy atom. The smallest absolute Gasteiger partial charge is 0.341 e. The van der Waals surface area contributed by atoms with Gasteiger partial charge in [-0.05, 0) is 59.8 Å². The first kappa shape index (κ1) is 26.5. The van der Waals surface area contributed by atoms with E-state index in [-0.39, 0.29) is 15.8 Å². The average Bonchev–Trinajstić information content (AvgIpc) is 3.12. The van der Waals surface area contributed by atoms with E-state index in [1.807, 2.05) is 0 Å². The summed E-state index contributed by atoms with van der Waals surface area (Å²) >= 11 is 6.36. The monoisotopic (exact) mass is 532 g/mol. The minimum absolute atomic E-state index is 0.226. The quantitative estimate of drug-likeness (QED) is 0.250. The number of thiocarbonyl (C=S) groups is 1. The molecule has 0 bridgehead atoms. The summed E-state index contributed by atoms with van der Waals surface area (Å²) in [5, 5.41) is 22.8. The van der Waals surface area contributed by atoms with E-state index < -0.39 is 31.1 Å². The molecule has 1 aliphatic heterocycles. The van der Waals surface area contributed by atoms with Gasteiger partial charge in [0.25, 0.3) is 5.91 Å². The minimum Gasteiger partial charge on any atom is -0.493 e. The number of amides is 1. The van der Waals surface area contributed by atoms with Crippen molar-refractivity contribution < 1.29 is 43.5 Å². The fraction of sp³-hybridized carbons (Fsp3) is 0.174.